The van der Waals surface area contributed by atoms with E-state index in [4.69, 9.17) is 0 Å². The van der Waals surface area contributed by atoms with Crippen LogP contribution >= 0.6 is 0 Å². The number of benzene rings is 3. The number of alkyl halides is 2. The number of hydrogen-bond acceptors (Lipinski definition) is 4. The molecule has 0 radical (unpaired) electrons. The van der Waals surface area contributed by atoms with Gasteiger partial charge in [-0.15, -0.1) is 0 Å². The highest BCUT2D eigenvalue weighted by molar-refractivity contribution is 7.92. The molecule has 1 amide bonds. The van der Waals surface area contributed by atoms with E-state index in [0.29, 0.717) is 11.3 Å². The Hall–Kier alpha value is -3.53. The van der Waals surface area contributed by atoms with Gasteiger partial charge in [0.25, 0.3) is 15.9 Å². The van der Waals surface area contributed by atoms with Gasteiger partial charge in [-0.05, 0) is 73.2 Å². The van der Waals surface area contributed by atoms with E-state index in [2.05, 4.69) is 14.8 Å². The summed E-state index contributed by atoms with van der Waals surface area (Å²) in [6.07, 6.45) is 0. The Morgan fingerprint density at radius 3 is 2.16 bits per heavy atom. The maximum atomic E-state index is 13.0. The Labute approximate surface area is 176 Å². The number of nitrogens with one attached hydrogen (secondary N) is 2. The second-order valence-electron chi connectivity index (χ2n) is 6.45. The summed E-state index contributed by atoms with van der Waals surface area (Å²) < 4.78 is 69.3. The Balaban J connectivity index is 1.79. The van der Waals surface area contributed by atoms with Crippen molar-refractivity contribution in [3.63, 3.8) is 0 Å². The lowest BCUT2D eigenvalue weighted by molar-refractivity contribution is -0.0498. The zero-order valence-electron chi connectivity index (χ0n) is 16.1. The van der Waals surface area contributed by atoms with Crippen molar-refractivity contribution in [3.05, 3.63) is 83.7 Å². The summed E-state index contributed by atoms with van der Waals surface area (Å²) in [7, 11) is -4.03. The molecule has 0 aliphatic carbocycles. The van der Waals surface area contributed by atoms with Gasteiger partial charge >= 0.3 is 6.61 Å². The molecule has 0 spiro atoms. The van der Waals surface area contributed by atoms with Crippen molar-refractivity contribution in [3.8, 4) is 5.75 Å². The van der Waals surface area contributed by atoms with E-state index in [0.717, 1.165) is 12.1 Å². The molecule has 0 aliphatic rings. The van der Waals surface area contributed by atoms with Crippen LogP contribution in [0.4, 0.5) is 24.5 Å². The van der Waals surface area contributed by atoms with Crippen molar-refractivity contribution in [1.29, 1.82) is 0 Å². The van der Waals surface area contributed by atoms with E-state index in [1.165, 1.54) is 54.6 Å². The molecule has 3 aromatic rings. The van der Waals surface area contributed by atoms with Gasteiger partial charge in [-0.2, -0.15) is 8.78 Å². The van der Waals surface area contributed by atoms with Gasteiger partial charge in [0.05, 0.1) is 4.90 Å². The van der Waals surface area contributed by atoms with Crippen LogP contribution in [0.3, 0.4) is 0 Å². The van der Waals surface area contributed by atoms with Crippen LogP contribution < -0.4 is 14.8 Å². The van der Waals surface area contributed by atoms with Crippen LogP contribution in [-0.2, 0) is 10.0 Å². The maximum absolute atomic E-state index is 13.0. The van der Waals surface area contributed by atoms with E-state index in [-0.39, 0.29) is 21.9 Å². The molecule has 0 unspecified atom stereocenters. The number of halogens is 3. The van der Waals surface area contributed by atoms with Crippen molar-refractivity contribution in [1.82, 2.24) is 0 Å². The molecular weight excluding hydrogens is 433 g/mol. The summed E-state index contributed by atoms with van der Waals surface area (Å²) >= 11 is 0. The van der Waals surface area contributed by atoms with Gasteiger partial charge in [-0.3, -0.25) is 9.52 Å². The van der Waals surface area contributed by atoms with Crippen molar-refractivity contribution in [2.45, 2.75) is 18.4 Å². The van der Waals surface area contributed by atoms with E-state index in [1.54, 1.807) is 6.92 Å². The number of hydrogen-bond donors (Lipinski definition) is 2. The molecule has 0 aromatic heterocycles. The zero-order chi connectivity index (χ0) is 22.6. The first kappa shape index (κ1) is 22.2. The topological polar surface area (TPSA) is 84.5 Å². The third kappa shape index (κ3) is 5.76. The molecule has 0 saturated heterocycles. The predicted octanol–water partition coefficient (Wildman–Crippen LogP) is 4.79. The molecule has 3 rings (SSSR count). The van der Waals surface area contributed by atoms with Gasteiger partial charge in [0.1, 0.15) is 11.6 Å². The third-order valence-electron chi connectivity index (χ3n) is 4.20. The first-order chi connectivity index (χ1) is 14.6. The molecule has 31 heavy (non-hydrogen) atoms. The molecule has 0 atom stereocenters. The van der Waals surface area contributed by atoms with Gasteiger partial charge in [-0.25, -0.2) is 12.8 Å². The SMILES string of the molecule is Cc1ccc(S(=O)(=O)Nc2ccc(F)cc2)cc1C(=O)Nc1ccc(OC(F)F)cc1. The number of anilines is 2. The summed E-state index contributed by atoms with van der Waals surface area (Å²) in [6, 6.07) is 14.1. The molecule has 0 bridgehead atoms. The number of ether oxygens (including phenoxy) is 1. The molecule has 0 heterocycles. The Morgan fingerprint density at radius 2 is 1.55 bits per heavy atom. The smallest absolute Gasteiger partial charge is 0.387 e. The summed E-state index contributed by atoms with van der Waals surface area (Å²) in [6.45, 7) is -1.32. The molecule has 6 nitrogen and oxygen atoms in total. The first-order valence-corrected chi connectivity index (χ1v) is 10.4. The summed E-state index contributed by atoms with van der Waals surface area (Å²) in [4.78, 5) is 12.5. The molecule has 2 N–H and O–H groups in total. The summed E-state index contributed by atoms with van der Waals surface area (Å²) in [5.41, 5.74) is 1.11. The maximum Gasteiger partial charge on any atom is 0.387 e. The van der Waals surface area contributed by atoms with Crippen LogP contribution in [-0.4, -0.2) is 20.9 Å². The van der Waals surface area contributed by atoms with Gasteiger partial charge in [0.15, 0.2) is 0 Å². The summed E-state index contributed by atoms with van der Waals surface area (Å²) in [5, 5.41) is 2.58. The number of carbonyl (C=O) groups is 1. The molecule has 10 heteroatoms. The van der Waals surface area contributed by atoms with Crippen molar-refractivity contribution < 1.29 is 31.1 Å². The summed E-state index contributed by atoms with van der Waals surface area (Å²) in [5.74, 6) is -1.16. The van der Waals surface area contributed by atoms with Gasteiger partial charge in [0, 0.05) is 16.9 Å². The lowest BCUT2D eigenvalue weighted by Crippen LogP contribution is -2.17. The molecule has 162 valence electrons. The van der Waals surface area contributed by atoms with Crippen LogP contribution in [0, 0.1) is 12.7 Å². The fourth-order valence-corrected chi connectivity index (χ4v) is 3.75. The minimum absolute atomic E-state index is 0.0656. The van der Waals surface area contributed by atoms with E-state index in [1.807, 2.05) is 0 Å². The van der Waals surface area contributed by atoms with Crippen molar-refractivity contribution >= 4 is 27.3 Å². The van der Waals surface area contributed by atoms with Crippen molar-refractivity contribution in [2.24, 2.45) is 0 Å². The van der Waals surface area contributed by atoms with E-state index in [9.17, 15) is 26.4 Å². The lowest BCUT2D eigenvalue weighted by Gasteiger charge is -2.12. The Morgan fingerprint density at radius 1 is 0.935 bits per heavy atom. The highest BCUT2D eigenvalue weighted by atomic mass is 32.2. The fraction of sp³-hybridized carbons (Fsp3) is 0.0952. The second-order valence-corrected chi connectivity index (χ2v) is 8.13. The Kier molecular flexibility index (Phi) is 6.50. The largest absolute Gasteiger partial charge is 0.435 e. The quantitative estimate of drug-likeness (QED) is 0.542. The molecule has 3 aromatic carbocycles. The number of rotatable bonds is 7. The average molecular weight is 450 g/mol. The van der Waals surface area contributed by atoms with Crippen LogP contribution in [0.5, 0.6) is 5.75 Å². The molecular formula is C21H17F3N2O4S. The van der Waals surface area contributed by atoms with Crippen LogP contribution in [0.25, 0.3) is 0 Å². The zero-order valence-corrected chi connectivity index (χ0v) is 16.9. The number of carbonyl (C=O) groups excluding carboxylic acids is 1. The van der Waals surface area contributed by atoms with Crippen LogP contribution in [0.15, 0.2) is 71.6 Å². The van der Waals surface area contributed by atoms with Crippen LogP contribution in [0.1, 0.15) is 15.9 Å². The number of amides is 1. The average Bonchev–Trinajstić information content (AvgIpc) is 2.71. The van der Waals surface area contributed by atoms with Gasteiger partial charge in [-0.1, -0.05) is 6.07 Å². The van der Waals surface area contributed by atoms with Crippen LogP contribution in [0.2, 0.25) is 0 Å². The van der Waals surface area contributed by atoms with E-state index >= 15 is 0 Å². The normalized spacial score (nSPS) is 11.3. The third-order valence-corrected chi connectivity index (χ3v) is 5.58. The molecule has 0 saturated carbocycles. The van der Waals surface area contributed by atoms with E-state index < -0.39 is 28.4 Å². The van der Waals surface area contributed by atoms with Gasteiger partial charge in [0.2, 0.25) is 0 Å². The van der Waals surface area contributed by atoms with Gasteiger partial charge < -0.3 is 10.1 Å². The highest BCUT2D eigenvalue weighted by Gasteiger charge is 2.19. The fourth-order valence-electron chi connectivity index (χ4n) is 2.66. The first-order valence-electron chi connectivity index (χ1n) is 8.89. The molecule has 0 aliphatic heterocycles. The highest BCUT2D eigenvalue weighted by Crippen LogP contribution is 2.22. The second kappa shape index (κ2) is 9.09. The monoisotopic (exact) mass is 450 g/mol. The number of sulfonamides is 1. The van der Waals surface area contributed by atoms with Crippen molar-refractivity contribution in [2.75, 3.05) is 10.0 Å². The minimum atomic E-state index is -4.03. The minimum Gasteiger partial charge on any atom is -0.435 e. The standard InChI is InChI=1S/C21H17F3N2O4S/c1-13-2-11-18(31(28,29)26-16-5-3-14(22)4-6-16)12-19(13)20(27)25-15-7-9-17(10-8-15)30-21(23)24/h2-12,21,26H,1H3,(H,25,27). The predicted molar refractivity (Wildman–Crippen MR) is 109 cm³/mol. The molecule has 0 fully saturated rings. The lowest BCUT2D eigenvalue weighted by atomic mass is 10.1. The number of aryl methyl sites for hydroxylation is 1. The Bertz CT molecular complexity index is 1180.